The van der Waals surface area contributed by atoms with Gasteiger partial charge in [0, 0.05) is 32.9 Å². The van der Waals surface area contributed by atoms with E-state index in [0.29, 0.717) is 0 Å². The van der Waals surface area contributed by atoms with Crippen molar-refractivity contribution in [1.82, 2.24) is 4.98 Å². The molecule has 0 saturated carbocycles. The Kier molecular flexibility index (Phi) is 7.58. The molecule has 40 heavy (non-hydrogen) atoms. The number of hydrogen-bond acceptors (Lipinski definition) is 3. The normalized spacial score (nSPS) is 12.3. The molecule has 0 atom stereocenters. The van der Waals surface area contributed by atoms with Crippen molar-refractivity contribution in [2.45, 2.75) is 18.0 Å². The molecule has 1 heterocycles. The number of hydrogen-bond donors (Lipinski definition) is 2. The molecule has 1 aromatic heterocycles. The van der Waals surface area contributed by atoms with Crippen LogP contribution >= 0.6 is 15.9 Å². The Morgan fingerprint density at radius 3 is 2.10 bits per heavy atom. The summed E-state index contributed by atoms with van der Waals surface area (Å²) in [5, 5.41) is 4.37. The Bertz CT molecular complexity index is 1610. The Labute approximate surface area is 228 Å². The van der Waals surface area contributed by atoms with Crippen LogP contribution in [-0.4, -0.2) is 29.2 Å². The number of carbonyl (C=O) groups is 2. The number of anilines is 2. The summed E-state index contributed by atoms with van der Waals surface area (Å²) in [6.07, 6.45) is -11.9. The molecule has 0 aliphatic heterocycles. The zero-order chi connectivity index (χ0) is 29.5. The quantitative estimate of drug-likeness (QED) is 0.220. The molecular weight excluding hydrogens is 618 g/mol. The van der Waals surface area contributed by atoms with E-state index in [1.54, 1.807) is 0 Å². The van der Waals surface area contributed by atoms with E-state index in [9.17, 15) is 44.7 Å². The molecule has 0 unspecified atom stereocenters. The number of pyridine rings is 1. The third-order valence-electron chi connectivity index (χ3n) is 5.73. The van der Waals surface area contributed by atoms with Crippen molar-refractivity contribution in [3.63, 3.8) is 0 Å². The maximum absolute atomic E-state index is 14.9. The summed E-state index contributed by atoms with van der Waals surface area (Å²) >= 11 is 2.84. The molecule has 4 aromatic rings. The zero-order valence-corrected chi connectivity index (χ0v) is 21.2. The maximum Gasteiger partial charge on any atom is 0.436 e. The fraction of sp³-hybridized carbons (Fsp3) is 0.115. The maximum atomic E-state index is 14.9. The Hall–Kier alpha value is -4.07. The average molecular weight is 632 g/mol. The summed E-state index contributed by atoms with van der Waals surface area (Å²) in [5.74, 6) is -2.48. The highest BCUT2D eigenvalue weighted by Gasteiger charge is 2.74. The second-order valence-corrected chi connectivity index (χ2v) is 9.16. The predicted octanol–water partition coefficient (Wildman–Crippen LogP) is 7.93. The number of benzene rings is 3. The minimum absolute atomic E-state index is 0.0828. The van der Waals surface area contributed by atoms with Gasteiger partial charge >= 0.3 is 18.0 Å². The van der Waals surface area contributed by atoms with Crippen LogP contribution in [0.5, 0.6) is 0 Å². The number of fused-ring (bicyclic) bond motifs is 1. The van der Waals surface area contributed by atoms with Crippen LogP contribution in [0.15, 0.2) is 77.4 Å². The van der Waals surface area contributed by atoms with E-state index in [-0.39, 0.29) is 28.6 Å². The highest BCUT2D eigenvalue weighted by Crippen LogP contribution is 2.55. The van der Waals surface area contributed by atoms with Gasteiger partial charge < -0.3 is 10.6 Å². The van der Waals surface area contributed by atoms with E-state index in [1.807, 2.05) is 0 Å². The lowest BCUT2D eigenvalue weighted by molar-refractivity contribution is -0.348. The second-order valence-electron chi connectivity index (χ2n) is 8.30. The lowest BCUT2D eigenvalue weighted by Crippen LogP contribution is -2.50. The predicted molar refractivity (Wildman–Crippen MR) is 133 cm³/mol. The first-order valence-corrected chi connectivity index (χ1v) is 11.8. The topological polar surface area (TPSA) is 71.1 Å². The van der Waals surface area contributed by atoms with Crippen LogP contribution in [0.3, 0.4) is 0 Å². The molecule has 0 aliphatic carbocycles. The molecule has 208 valence electrons. The minimum atomic E-state index is -6.38. The van der Waals surface area contributed by atoms with Crippen LogP contribution in [0.25, 0.3) is 10.9 Å². The van der Waals surface area contributed by atoms with Crippen molar-refractivity contribution in [2.75, 3.05) is 10.6 Å². The van der Waals surface area contributed by atoms with Crippen molar-refractivity contribution >= 4 is 50.0 Å². The fourth-order valence-corrected chi connectivity index (χ4v) is 4.38. The monoisotopic (exact) mass is 631 g/mol. The number of nitrogens with one attached hydrogen (secondary N) is 2. The van der Waals surface area contributed by atoms with Crippen LogP contribution in [0.2, 0.25) is 0 Å². The molecule has 5 nitrogen and oxygen atoms in total. The van der Waals surface area contributed by atoms with E-state index < -0.39 is 56.6 Å². The van der Waals surface area contributed by atoms with Gasteiger partial charge in [0.05, 0.1) is 16.8 Å². The van der Waals surface area contributed by atoms with Gasteiger partial charge in [0.25, 0.3) is 11.8 Å². The number of aromatic nitrogens is 1. The zero-order valence-electron chi connectivity index (χ0n) is 19.6. The molecule has 4 rings (SSSR count). The third-order valence-corrected chi connectivity index (χ3v) is 6.36. The first-order chi connectivity index (χ1) is 18.6. The summed E-state index contributed by atoms with van der Waals surface area (Å²) in [5.41, 5.74) is -9.12. The van der Waals surface area contributed by atoms with E-state index in [2.05, 4.69) is 31.5 Å². The number of amides is 2. The molecular formula is C26H14BrF8N3O2. The highest BCUT2D eigenvalue weighted by atomic mass is 79.9. The van der Waals surface area contributed by atoms with E-state index >= 15 is 0 Å². The lowest BCUT2D eigenvalue weighted by atomic mass is 9.91. The van der Waals surface area contributed by atoms with Crippen molar-refractivity contribution < 1.29 is 44.7 Å². The smallest absolute Gasteiger partial charge is 0.322 e. The minimum Gasteiger partial charge on any atom is -0.322 e. The summed E-state index contributed by atoms with van der Waals surface area (Å²) in [6, 6.07) is 12.9. The Morgan fingerprint density at radius 2 is 1.45 bits per heavy atom. The lowest BCUT2D eigenvalue weighted by Gasteiger charge is -2.31. The van der Waals surface area contributed by atoms with Gasteiger partial charge in [0.1, 0.15) is 5.82 Å². The molecule has 0 saturated heterocycles. The van der Waals surface area contributed by atoms with Crippen molar-refractivity contribution in [2.24, 2.45) is 0 Å². The SMILES string of the molecule is O=C(Nc1c(Br)cc(C(F)(C(F)(F)F)C(F)(F)F)c2ncccc12)c1cccc(NC(=O)c2ccccc2F)c1. The molecule has 0 radical (unpaired) electrons. The number of rotatable bonds is 5. The van der Waals surface area contributed by atoms with Crippen molar-refractivity contribution in [3.05, 3.63) is 99.9 Å². The summed E-state index contributed by atoms with van der Waals surface area (Å²) < 4.78 is 109. The number of carbonyl (C=O) groups excluding carboxylic acids is 2. The van der Waals surface area contributed by atoms with E-state index in [4.69, 9.17) is 0 Å². The molecule has 3 aromatic carbocycles. The highest BCUT2D eigenvalue weighted by molar-refractivity contribution is 9.10. The molecule has 0 bridgehead atoms. The van der Waals surface area contributed by atoms with E-state index in [1.165, 1.54) is 48.5 Å². The molecule has 0 spiro atoms. The molecule has 0 fully saturated rings. The van der Waals surface area contributed by atoms with Gasteiger partial charge in [-0.05, 0) is 64.5 Å². The summed E-state index contributed by atoms with van der Waals surface area (Å²) in [4.78, 5) is 29.0. The van der Waals surface area contributed by atoms with Crippen LogP contribution in [-0.2, 0) is 5.67 Å². The average Bonchev–Trinajstić information content (AvgIpc) is 2.88. The molecule has 0 aliphatic rings. The van der Waals surface area contributed by atoms with Gasteiger partial charge in [-0.1, -0.05) is 18.2 Å². The molecule has 2 amide bonds. The fourth-order valence-electron chi connectivity index (χ4n) is 3.84. The van der Waals surface area contributed by atoms with Gasteiger partial charge in [-0.3, -0.25) is 14.6 Å². The molecule has 14 heteroatoms. The number of nitrogens with zero attached hydrogens (tertiary/aromatic N) is 1. The van der Waals surface area contributed by atoms with Gasteiger partial charge in [-0.15, -0.1) is 0 Å². The second kappa shape index (κ2) is 10.5. The molecule has 2 N–H and O–H groups in total. The van der Waals surface area contributed by atoms with Crippen molar-refractivity contribution in [1.29, 1.82) is 0 Å². The van der Waals surface area contributed by atoms with Gasteiger partial charge in [0.15, 0.2) is 0 Å². The first kappa shape index (κ1) is 28.9. The summed E-state index contributed by atoms with van der Waals surface area (Å²) in [6.45, 7) is 0. The van der Waals surface area contributed by atoms with Crippen LogP contribution < -0.4 is 10.6 Å². The van der Waals surface area contributed by atoms with Gasteiger partial charge in [0.2, 0.25) is 0 Å². The van der Waals surface area contributed by atoms with Gasteiger partial charge in [-0.25, -0.2) is 8.78 Å². The van der Waals surface area contributed by atoms with Crippen molar-refractivity contribution in [3.8, 4) is 0 Å². The number of alkyl halides is 7. The van der Waals surface area contributed by atoms with Crippen LogP contribution in [0, 0.1) is 5.82 Å². The van der Waals surface area contributed by atoms with Gasteiger partial charge in [-0.2, -0.15) is 26.3 Å². The Morgan fingerprint density at radius 1 is 0.775 bits per heavy atom. The largest absolute Gasteiger partial charge is 0.436 e. The first-order valence-electron chi connectivity index (χ1n) is 11.0. The Balaban J connectivity index is 1.71. The third kappa shape index (κ3) is 5.22. The van der Waals surface area contributed by atoms with Crippen LogP contribution in [0.4, 0.5) is 46.5 Å². The number of halogens is 9. The standard InChI is InChI=1S/C26H14BrF8N3O2/c27-18-12-17(24(29,25(30,31)32)26(33,34)35)20-16(8-4-10-36-20)21(18)38-22(39)13-5-3-6-14(11-13)37-23(40)15-7-1-2-9-19(15)28/h1-12H,(H,37,40)(H,38,39). The van der Waals surface area contributed by atoms with E-state index in [0.717, 1.165) is 18.3 Å². The van der Waals surface area contributed by atoms with Crippen LogP contribution in [0.1, 0.15) is 26.3 Å². The summed E-state index contributed by atoms with van der Waals surface area (Å²) in [7, 11) is 0.